The van der Waals surface area contributed by atoms with Gasteiger partial charge in [0.15, 0.2) is 0 Å². The van der Waals surface area contributed by atoms with Crippen LogP contribution in [0.2, 0.25) is 0 Å². The van der Waals surface area contributed by atoms with E-state index >= 15 is 0 Å². The van der Waals surface area contributed by atoms with E-state index in [1.54, 1.807) is 0 Å². The molecule has 2 aliphatic carbocycles. The highest BCUT2D eigenvalue weighted by molar-refractivity contribution is 9.11. The molecule has 50 valence electrons. The average molecular weight is 187 g/mol. The number of hydrogen-bond donors (Lipinski definition) is 0. The van der Waals surface area contributed by atoms with Crippen molar-refractivity contribution in [3.05, 3.63) is 10.6 Å². The largest absolute Gasteiger partial charge is 0.0707 e. The maximum atomic E-state index is 3.61. The van der Waals surface area contributed by atoms with E-state index in [9.17, 15) is 0 Å². The molecule has 0 spiro atoms. The Kier molecular flexibility index (Phi) is 1.08. The molecule has 0 aromatic rings. The molecule has 0 N–H and O–H groups in total. The Bertz CT molecular complexity index is 171. The van der Waals surface area contributed by atoms with E-state index in [1.807, 2.05) is 0 Å². The Balaban J connectivity index is 2.37. The zero-order valence-corrected chi connectivity index (χ0v) is 7.24. The third kappa shape index (κ3) is 0.706. The molecular formula is C8H11Br. The number of halogens is 1. The Labute approximate surface area is 64.5 Å². The number of allylic oxidation sites excluding steroid dienone is 2. The third-order valence-corrected chi connectivity index (χ3v) is 3.96. The van der Waals surface area contributed by atoms with E-state index < -0.39 is 0 Å². The predicted molar refractivity (Wildman–Crippen MR) is 42.5 cm³/mol. The Morgan fingerprint density at radius 2 is 2.56 bits per heavy atom. The highest BCUT2D eigenvalue weighted by atomic mass is 79.9. The molecule has 0 saturated heterocycles. The van der Waals surface area contributed by atoms with Gasteiger partial charge in [-0.05, 0) is 35.1 Å². The monoisotopic (exact) mass is 186 g/mol. The fourth-order valence-electron chi connectivity index (χ4n) is 2.05. The van der Waals surface area contributed by atoms with E-state index in [4.69, 9.17) is 0 Å². The molecule has 9 heavy (non-hydrogen) atoms. The van der Waals surface area contributed by atoms with Crippen molar-refractivity contribution in [3.63, 3.8) is 0 Å². The lowest BCUT2D eigenvalue weighted by Crippen LogP contribution is -2.07. The maximum absolute atomic E-state index is 3.61. The van der Waals surface area contributed by atoms with Crippen LogP contribution in [0.15, 0.2) is 10.6 Å². The van der Waals surface area contributed by atoms with Crippen molar-refractivity contribution < 1.29 is 0 Å². The summed E-state index contributed by atoms with van der Waals surface area (Å²) in [7, 11) is 0. The first-order chi connectivity index (χ1) is 4.21. The van der Waals surface area contributed by atoms with Gasteiger partial charge in [-0.25, -0.2) is 0 Å². The zero-order chi connectivity index (χ0) is 6.48. The van der Waals surface area contributed by atoms with Gasteiger partial charge in [-0.1, -0.05) is 28.9 Å². The lowest BCUT2D eigenvalue weighted by Gasteiger charge is -2.19. The van der Waals surface area contributed by atoms with E-state index in [1.165, 1.54) is 23.7 Å². The Morgan fingerprint density at radius 1 is 1.78 bits per heavy atom. The fraction of sp³-hybridized carbons (Fsp3) is 0.750. The minimum absolute atomic E-state index is 0.546. The first-order valence-corrected chi connectivity index (χ1v) is 4.38. The van der Waals surface area contributed by atoms with Gasteiger partial charge in [0.2, 0.25) is 0 Å². The summed E-state index contributed by atoms with van der Waals surface area (Å²) in [6, 6.07) is 0. The molecule has 2 bridgehead atoms. The Morgan fingerprint density at radius 3 is 2.78 bits per heavy atom. The maximum Gasteiger partial charge on any atom is -0.000648 e. The standard InChI is InChI=1S/C8H11Br/c1-8-3-2-6(5-8)4-7(8)9/h4,6H,2-3,5H2,1H3. The Hall–Kier alpha value is 0.220. The van der Waals surface area contributed by atoms with Gasteiger partial charge >= 0.3 is 0 Å². The summed E-state index contributed by atoms with van der Waals surface area (Å²) in [6.45, 7) is 2.36. The van der Waals surface area contributed by atoms with Crippen molar-refractivity contribution in [1.29, 1.82) is 0 Å². The predicted octanol–water partition coefficient (Wildman–Crippen LogP) is 3.09. The highest BCUT2D eigenvalue weighted by Crippen LogP contribution is 2.55. The summed E-state index contributed by atoms with van der Waals surface area (Å²) in [6.07, 6.45) is 6.61. The van der Waals surface area contributed by atoms with E-state index in [-0.39, 0.29) is 0 Å². The minimum Gasteiger partial charge on any atom is -0.0707 e. The SMILES string of the molecule is CC12CCC(C=C1Br)C2. The molecule has 0 aromatic carbocycles. The molecule has 0 radical (unpaired) electrons. The van der Waals surface area contributed by atoms with Crippen LogP contribution in [0.25, 0.3) is 0 Å². The lowest BCUT2D eigenvalue weighted by molar-refractivity contribution is 0.448. The van der Waals surface area contributed by atoms with Gasteiger partial charge in [0.1, 0.15) is 0 Å². The summed E-state index contributed by atoms with van der Waals surface area (Å²) in [5, 5.41) is 0. The normalized spacial score (nSPS) is 47.8. The first kappa shape index (κ1) is 5.96. The van der Waals surface area contributed by atoms with Gasteiger partial charge in [-0.2, -0.15) is 0 Å². The van der Waals surface area contributed by atoms with Gasteiger partial charge in [0.25, 0.3) is 0 Å². The van der Waals surface area contributed by atoms with Crippen molar-refractivity contribution in [2.45, 2.75) is 26.2 Å². The van der Waals surface area contributed by atoms with Crippen molar-refractivity contribution >= 4 is 15.9 Å². The minimum atomic E-state index is 0.546. The van der Waals surface area contributed by atoms with Gasteiger partial charge < -0.3 is 0 Å². The third-order valence-electron chi connectivity index (χ3n) is 2.74. The second kappa shape index (κ2) is 1.63. The van der Waals surface area contributed by atoms with Gasteiger partial charge in [0.05, 0.1) is 0 Å². The molecule has 2 atom stereocenters. The van der Waals surface area contributed by atoms with Crippen LogP contribution in [0.3, 0.4) is 0 Å². The number of fused-ring (bicyclic) bond motifs is 2. The average Bonchev–Trinajstić information content (AvgIpc) is 2.22. The molecule has 0 heterocycles. The molecule has 1 fully saturated rings. The molecule has 0 nitrogen and oxygen atoms in total. The molecule has 0 amide bonds. The summed E-state index contributed by atoms with van der Waals surface area (Å²) >= 11 is 3.61. The van der Waals surface area contributed by atoms with Crippen LogP contribution in [0.5, 0.6) is 0 Å². The quantitative estimate of drug-likeness (QED) is 0.546. The second-order valence-electron chi connectivity index (χ2n) is 3.58. The summed E-state index contributed by atoms with van der Waals surface area (Å²) in [4.78, 5) is 0. The first-order valence-electron chi connectivity index (χ1n) is 3.58. The van der Waals surface area contributed by atoms with Crippen molar-refractivity contribution in [3.8, 4) is 0 Å². The molecule has 0 aromatic heterocycles. The molecule has 1 saturated carbocycles. The van der Waals surface area contributed by atoms with Crippen molar-refractivity contribution in [2.75, 3.05) is 0 Å². The van der Waals surface area contributed by atoms with Crippen LogP contribution in [0.4, 0.5) is 0 Å². The van der Waals surface area contributed by atoms with Crippen LogP contribution >= 0.6 is 15.9 Å². The number of hydrogen-bond acceptors (Lipinski definition) is 0. The zero-order valence-electron chi connectivity index (χ0n) is 5.65. The smallest absolute Gasteiger partial charge is 0.000648 e. The second-order valence-corrected chi connectivity index (χ2v) is 4.43. The van der Waals surface area contributed by atoms with E-state index in [0.29, 0.717) is 5.41 Å². The van der Waals surface area contributed by atoms with Crippen LogP contribution in [0, 0.1) is 11.3 Å². The summed E-state index contributed by atoms with van der Waals surface area (Å²) < 4.78 is 1.46. The van der Waals surface area contributed by atoms with Crippen molar-refractivity contribution in [2.24, 2.45) is 11.3 Å². The van der Waals surface area contributed by atoms with Gasteiger partial charge in [-0.15, -0.1) is 0 Å². The van der Waals surface area contributed by atoms with E-state index in [2.05, 4.69) is 28.9 Å². The summed E-state index contributed by atoms with van der Waals surface area (Å²) in [5.74, 6) is 0.907. The van der Waals surface area contributed by atoms with Gasteiger partial charge in [-0.3, -0.25) is 0 Å². The molecule has 2 aliphatic rings. The molecule has 2 unspecified atom stereocenters. The van der Waals surface area contributed by atoms with Crippen molar-refractivity contribution in [1.82, 2.24) is 0 Å². The molecule has 0 aliphatic heterocycles. The van der Waals surface area contributed by atoms with Crippen LogP contribution in [-0.4, -0.2) is 0 Å². The highest BCUT2D eigenvalue weighted by Gasteiger charge is 2.41. The van der Waals surface area contributed by atoms with Crippen LogP contribution in [0.1, 0.15) is 26.2 Å². The number of rotatable bonds is 0. The topological polar surface area (TPSA) is 0 Å². The lowest BCUT2D eigenvalue weighted by atomic mass is 9.91. The molecule has 1 heteroatoms. The van der Waals surface area contributed by atoms with Crippen LogP contribution in [-0.2, 0) is 0 Å². The molecule has 2 rings (SSSR count). The van der Waals surface area contributed by atoms with Crippen LogP contribution < -0.4 is 0 Å². The molecular weight excluding hydrogens is 176 g/mol. The fourth-order valence-corrected chi connectivity index (χ4v) is 2.79. The summed E-state index contributed by atoms with van der Waals surface area (Å²) in [5.41, 5.74) is 0.546. The van der Waals surface area contributed by atoms with E-state index in [0.717, 1.165) is 5.92 Å². The van der Waals surface area contributed by atoms with Gasteiger partial charge in [0, 0.05) is 0 Å².